The average Bonchev–Trinajstić information content (AvgIpc) is 2.16. The second-order valence-corrected chi connectivity index (χ2v) is 3.87. The lowest BCUT2D eigenvalue weighted by Crippen LogP contribution is -2.02. The molecular formula is C14H18O2. The van der Waals surface area contributed by atoms with Gasteiger partial charge >= 0.3 is 0 Å². The molecule has 0 N–H and O–H groups in total. The number of Topliss-reactive ketones (excluding diaryl/α,β-unsaturated/α-hetero) is 2. The molecule has 0 aromatic heterocycles. The van der Waals surface area contributed by atoms with Crippen molar-refractivity contribution in [1.82, 2.24) is 0 Å². The maximum absolute atomic E-state index is 11.0. The molecule has 0 atom stereocenters. The van der Waals surface area contributed by atoms with Crippen molar-refractivity contribution in [2.75, 3.05) is 0 Å². The van der Waals surface area contributed by atoms with Crippen LogP contribution in [0.1, 0.15) is 48.4 Å². The molecule has 0 spiro atoms. The molecule has 0 aliphatic heterocycles. The Bertz CT molecular complexity index is 366. The van der Waals surface area contributed by atoms with Crippen LogP contribution in [0.4, 0.5) is 0 Å². The van der Waals surface area contributed by atoms with Crippen LogP contribution in [-0.2, 0) is 0 Å². The highest BCUT2D eigenvalue weighted by molar-refractivity contribution is 6.07. The van der Waals surface area contributed by atoms with Gasteiger partial charge in [0.15, 0.2) is 11.6 Å². The number of hydrogen-bond donors (Lipinski definition) is 0. The van der Waals surface area contributed by atoms with Crippen LogP contribution >= 0.6 is 0 Å². The molecule has 86 valence electrons. The first-order valence-electron chi connectivity index (χ1n) is 5.09. The molecule has 0 amide bonds. The van der Waals surface area contributed by atoms with Crippen LogP contribution in [0.5, 0.6) is 0 Å². The maximum atomic E-state index is 11.0. The summed E-state index contributed by atoms with van der Waals surface area (Å²) in [5, 5.41) is 0. The molecular weight excluding hydrogens is 200 g/mol. The van der Waals surface area contributed by atoms with E-state index in [0.717, 1.165) is 0 Å². The highest BCUT2D eigenvalue weighted by Gasteiger charge is 2.08. The molecule has 16 heavy (non-hydrogen) atoms. The van der Waals surface area contributed by atoms with E-state index in [0.29, 0.717) is 11.1 Å². The second-order valence-electron chi connectivity index (χ2n) is 3.87. The van der Waals surface area contributed by atoms with Gasteiger partial charge in [-0.15, -0.1) is 6.58 Å². The number of carbonyl (C=O) groups excluding carboxylic acids is 2. The molecule has 2 nitrogen and oxygen atoms in total. The quantitative estimate of drug-likeness (QED) is 0.560. The SMILES string of the molecule is C=C(C)C.CC(=O)c1ccccc1C(C)=O. The smallest absolute Gasteiger partial charge is 0.160 e. The standard InChI is InChI=1S/C10H10O2.C4H8/c1-7(11)9-5-3-4-6-10(9)8(2)12;1-4(2)3/h3-6H,1-2H3;1H2,2-3H3. The molecule has 0 saturated carbocycles. The number of allylic oxidation sites excluding steroid dienone is 1. The zero-order valence-electron chi connectivity index (χ0n) is 10.3. The van der Waals surface area contributed by atoms with Crippen LogP contribution in [0.3, 0.4) is 0 Å². The predicted octanol–water partition coefficient (Wildman–Crippen LogP) is 3.67. The Balaban J connectivity index is 0.000000487. The van der Waals surface area contributed by atoms with Crippen molar-refractivity contribution in [3.8, 4) is 0 Å². The van der Waals surface area contributed by atoms with Gasteiger partial charge in [0.25, 0.3) is 0 Å². The van der Waals surface area contributed by atoms with Crippen molar-refractivity contribution in [3.63, 3.8) is 0 Å². The molecule has 0 fully saturated rings. The minimum absolute atomic E-state index is 0.0687. The van der Waals surface area contributed by atoms with E-state index in [9.17, 15) is 9.59 Å². The monoisotopic (exact) mass is 218 g/mol. The molecule has 1 aromatic rings. The van der Waals surface area contributed by atoms with Crippen LogP contribution in [0, 0.1) is 0 Å². The summed E-state index contributed by atoms with van der Waals surface area (Å²) in [7, 11) is 0. The first-order valence-corrected chi connectivity index (χ1v) is 5.09. The minimum atomic E-state index is -0.0687. The van der Waals surface area contributed by atoms with Crippen molar-refractivity contribution >= 4 is 11.6 Å². The zero-order chi connectivity index (χ0) is 12.7. The van der Waals surface area contributed by atoms with E-state index < -0.39 is 0 Å². The van der Waals surface area contributed by atoms with Gasteiger partial charge in [0.1, 0.15) is 0 Å². The summed E-state index contributed by atoms with van der Waals surface area (Å²) in [5.74, 6) is -0.137. The van der Waals surface area contributed by atoms with Gasteiger partial charge in [-0.25, -0.2) is 0 Å². The summed E-state index contributed by atoms with van der Waals surface area (Å²) in [6.07, 6.45) is 0. The van der Waals surface area contributed by atoms with Crippen molar-refractivity contribution in [1.29, 1.82) is 0 Å². The van der Waals surface area contributed by atoms with Gasteiger partial charge in [0, 0.05) is 11.1 Å². The molecule has 0 aliphatic carbocycles. The molecule has 1 aromatic carbocycles. The van der Waals surface area contributed by atoms with Crippen LogP contribution in [0.25, 0.3) is 0 Å². The van der Waals surface area contributed by atoms with Gasteiger partial charge in [-0.3, -0.25) is 9.59 Å². The molecule has 0 radical (unpaired) electrons. The first-order chi connectivity index (χ1) is 7.36. The van der Waals surface area contributed by atoms with Crippen LogP contribution in [-0.4, -0.2) is 11.6 Å². The zero-order valence-corrected chi connectivity index (χ0v) is 10.3. The summed E-state index contributed by atoms with van der Waals surface area (Å²) in [5.41, 5.74) is 2.18. The van der Waals surface area contributed by atoms with Gasteiger partial charge in [0.05, 0.1) is 0 Å². The van der Waals surface area contributed by atoms with E-state index >= 15 is 0 Å². The summed E-state index contributed by atoms with van der Waals surface area (Å²) < 4.78 is 0. The van der Waals surface area contributed by atoms with Crippen molar-refractivity contribution in [2.24, 2.45) is 0 Å². The highest BCUT2D eigenvalue weighted by Crippen LogP contribution is 2.09. The fraction of sp³-hybridized carbons (Fsp3) is 0.286. The van der Waals surface area contributed by atoms with Gasteiger partial charge in [0.2, 0.25) is 0 Å². The fourth-order valence-corrected chi connectivity index (χ4v) is 1.10. The van der Waals surface area contributed by atoms with E-state index in [-0.39, 0.29) is 11.6 Å². The summed E-state index contributed by atoms with van der Waals surface area (Å²) in [4.78, 5) is 22.0. The molecule has 0 aliphatic rings. The van der Waals surface area contributed by atoms with Gasteiger partial charge in [-0.2, -0.15) is 0 Å². The molecule has 0 saturated heterocycles. The number of carbonyl (C=O) groups is 2. The lowest BCUT2D eigenvalue weighted by molar-refractivity contribution is 0.0981. The van der Waals surface area contributed by atoms with Gasteiger partial charge in [-0.05, 0) is 27.7 Å². The van der Waals surface area contributed by atoms with Crippen LogP contribution in [0.15, 0.2) is 36.4 Å². The van der Waals surface area contributed by atoms with E-state index in [1.807, 2.05) is 13.8 Å². The first kappa shape index (κ1) is 14.3. The topological polar surface area (TPSA) is 34.1 Å². The third-order valence-electron chi connectivity index (χ3n) is 1.69. The van der Waals surface area contributed by atoms with Gasteiger partial charge < -0.3 is 0 Å². The van der Waals surface area contributed by atoms with Crippen LogP contribution in [0.2, 0.25) is 0 Å². The van der Waals surface area contributed by atoms with E-state index in [1.165, 1.54) is 19.4 Å². The summed E-state index contributed by atoms with van der Waals surface area (Å²) in [6, 6.07) is 6.84. The summed E-state index contributed by atoms with van der Waals surface area (Å²) in [6.45, 7) is 10.4. The van der Waals surface area contributed by atoms with Crippen LogP contribution < -0.4 is 0 Å². The number of ketones is 2. The highest BCUT2D eigenvalue weighted by atomic mass is 16.1. The lowest BCUT2D eigenvalue weighted by atomic mass is 10.0. The normalized spacial score (nSPS) is 8.75. The Hall–Kier alpha value is -1.70. The van der Waals surface area contributed by atoms with Crippen molar-refractivity contribution in [2.45, 2.75) is 27.7 Å². The third kappa shape index (κ3) is 5.25. The number of rotatable bonds is 2. The Kier molecular flexibility index (Phi) is 6.01. The number of hydrogen-bond acceptors (Lipinski definition) is 2. The maximum Gasteiger partial charge on any atom is 0.160 e. The molecule has 0 heterocycles. The Morgan fingerprint density at radius 3 is 1.31 bits per heavy atom. The molecule has 0 bridgehead atoms. The van der Waals surface area contributed by atoms with Crippen molar-refractivity contribution in [3.05, 3.63) is 47.5 Å². The van der Waals surface area contributed by atoms with E-state index in [2.05, 4.69) is 6.58 Å². The fourth-order valence-electron chi connectivity index (χ4n) is 1.10. The Morgan fingerprint density at radius 2 is 1.12 bits per heavy atom. The molecule has 0 unspecified atom stereocenters. The lowest BCUT2D eigenvalue weighted by Gasteiger charge is -2.00. The summed E-state index contributed by atoms with van der Waals surface area (Å²) >= 11 is 0. The third-order valence-corrected chi connectivity index (χ3v) is 1.69. The van der Waals surface area contributed by atoms with E-state index in [1.54, 1.807) is 24.3 Å². The minimum Gasteiger partial charge on any atom is -0.294 e. The van der Waals surface area contributed by atoms with Crippen molar-refractivity contribution < 1.29 is 9.59 Å². The molecule has 2 heteroatoms. The Morgan fingerprint density at radius 1 is 0.875 bits per heavy atom. The largest absolute Gasteiger partial charge is 0.294 e. The number of benzene rings is 1. The van der Waals surface area contributed by atoms with Gasteiger partial charge in [-0.1, -0.05) is 29.8 Å². The second kappa shape index (κ2) is 6.72. The molecule has 1 rings (SSSR count). The Labute approximate surface area is 97.0 Å². The van der Waals surface area contributed by atoms with E-state index in [4.69, 9.17) is 0 Å². The predicted molar refractivity (Wildman–Crippen MR) is 66.9 cm³/mol. The average molecular weight is 218 g/mol.